The zero-order chi connectivity index (χ0) is 15.8. The molecule has 0 amide bonds. The van der Waals surface area contributed by atoms with Crippen molar-refractivity contribution >= 4 is 5.97 Å². The van der Waals surface area contributed by atoms with Gasteiger partial charge in [-0.1, -0.05) is 56.2 Å². The van der Waals surface area contributed by atoms with Crippen LogP contribution >= 0.6 is 0 Å². The van der Waals surface area contributed by atoms with Crippen LogP contribution in [0.2, 0.25) is 0 Å². The van der Waals surface area contributed by atoms with Gasteiger partial charge in [0.1, 0.15) is 0 Å². The Balaban J connectivity index is 3.56. The van der Waals surface area contributed by atoms with Crippen LogP contribution in [0.4, 0.5) is 0 Å². The molecular formula is C18H29O3-. The van der Waals surface area contributed by atoms with Gasteiger partial charge in [-0.2, -0.15) is 0 Å². The van der Waals surface area contributed by atoms with Crippen molar-refractivity contribution in [2.24, 2.45) is 0 Å². The quantitative estimate of drug-likeness (QED) is 0.322. The maximum absolute atomic E-state index is 10.2. The number of carbonyl (C=O) groups is 1. The van der Waals surface area contributed by atoms with Gasteiger partial charge in [0.05, 0.1) is 6.10 Å². The predicted molar refractivity (Wildman–Crippen MR) is 85.7 cm³/mol. The molecule has 0 heterocycles. The van der Waals surface area contributed by atoms with Crippen molar-refractivity contribution in [2.75, 3.05) is 0 Å². The molecule has 0 spiro atoms. The molecule has 1 N–H and O–H groups in total. The second kappa shape index (κ2) is 15.0. The topological polar surface area (TPSA) is 60.4 Å². The van der Waals surface area contributed by atoms with E-state index in [0.717, 1.165) is 19.3 Å². The molecule has 3 heteroatoms. The fourth-order valence-electron chi connectivity index (χ4n) is 1.84. The van der Waals surface area contributed by atoms with Gasteiger partial charge in [0.15, 0.2) is 0 Å². The number of unbranched alkanes of at least 4 members (excludes halogenated alkanes) is 5. The van der Waals surface area contributed by atoms with Gasteiger partial charge in [-0.25, -0.2) is 0 Å². The lowest BCUT2D eigenvalue weighted by molar-refractivity contribution is -0.305. The minimum Gasteiger partial charge on any atom is -0.550 e. The van der Waals surface area contributed by atoms with Crippen LogP contribution in [0, 0.1) is 0 Å². The Hall–Kier alpha value is -1.35. The molecule has 0 aliphatic carbocycles. The monoisotopic (exact) mass is 293 g/mol. The molecule has 0 aliphatic heterocycles. The van der Waals surface area contributed by atoms with E-state index in [4.69, 9.17) is 0 Å². The molecule has 0 rings (SSSR count). The van der Waals surface area contributed by atoms with Crippen molar-refractivity contribution in [3.05, 3.63) is 36.5 Å². The van der Waals surface area contributed by atoms with Gasteiger partial charge >= 0.3 is 0 Å². The molecule has 120 valence electrons. The van der Waals surface area contributed by atoms with Crippen molar-refractivity contribution in [3.63, 3.8) is 0 Å². The zero-order valence-electron chi connectivity index (χ0n) is 13.2. The maximum atomic E-state index is 10.2. The van der Waals surface area contributed by atoms with E-state index >= 15 is 0 Å². The smallest absolute Gasteiger partial charge is 0.0758 e. The second-order valence-corrected chi connectivity index (χ2v) is 5.20. The van der Waals surface area contributed by atoms with Gasteiger partial charge in [0.2, 0.25) is 0 Å². The summed E-state index contributed by atoms with van der Waals surface area (Å²) in [5.41, 5.74) is 0. The number of carboxylic acid groups (broad SMARTS) is 1. The SMILES string of the molecule is CCCCC/C=C\CC(O)/C=C\C=C/CCCCC(=O)[O-]. The van der Waals surface area contributed by atoms with Crippen molar-refractivity contribution in [1.82, 2.24) is 0 Å². The Bertz CT molecular complexity index is 329. The molecule has 0 aromatic carbocycles. The standard InChI is InChI=1S/C18H30O3/c1-2-3-4-5-8-11-14-17(19)15-12-9-6-7-10-13-16-18(20)21/h6,8-9,11-12,15,17,19H,2-5,7,10,13-14,16H2,1H3,(H,20,21)/p-1/b9-6-,11-8-,15-12-. The van der Waals surface area contributed by atoms with Crippen LogP contribution in [0.5, 0.6) is 0 Å². The Kier molecular flexibility index (Phi) is 14.1. The van der Waals surface area contributed by atoms with E-state index in [0.29, 0.717) is 12.8 Å². The molecule has 0 aromatic heterocycles. The lowest BCUT2D eigenvalue weighted by Crippen LogP contribution is -2.21. The summed E-state index contributed by atoms with van der Waals surface area (Å²) in [6.07, 6.45) is 19.2. The molecular weight excluding hydrogens is 264 g/mol. The number of hydrogen-bond donors (Lipinski definition) is 1. The summed E-state index contributed by atoms with van der Waals surface area (Å²) in [7, 11) is 0. The first-order chi connectivity index (χ1) is 10.2. The fourth-order valence-corrected chi connectivity index (χ4v) is 1.84. The third-order valence-electron chi connectivity index (χ3n) is 3.10. The molecule has 0 aromatic rings. The van der Waals surface area contributed by atoms with E-state index in [1.165, 1.54) is 19.3 Å². The summed E-state index contributed by atoms with van der Waals surface area (Å²) in [5, 5.41) is 19.9. The van der Waals surface area contributed by atoms with Crippen LogP contribution < -0.4 is 5.11 Å². The highest BCUT2D eigenvalue weighted by atomic mass is 16.4. The summed E-state index contributed by atoms with van der Waals surface area (Å²) >= 11 is 0. The molecule has 0 bridgehead atoms. The van der Waals surface area contributed by atoms with Crippen LogP contribution in [0.25, 0.3) is 0 Å². The van der Waals surface area contributed by atoms with E-state index in [2.05, 4.69) is 13.0 Å². The molecule has 0 radical (unpaired) electrons. The number of aliphatic carboxylic acids is 1. The maximum Gasteiger partial charge on any atom is 0.0758 e. The highest BCUT2D eigenvalue weighted by Gasteiger charge is 1.93. The fraction of sp³-hybridized carbons (Fsp3) is 0.611. The van der Waals surface area contributed by atoms with Crippen LogP contribution in [-0.4, -0.2) is 17.2 Å². The Morgan fingerprint density at radius 2 is 1.76 bits per heavy atom. The van der Waals surface area contributed by atoms with E-state index in [9.17, 15) is 15.0 Å². The molecule has 1 atom stereocenters. The summed E-state index contributed by atoms with van der Waals surface area (Å²) in [5.74, 6) is -0.982. The minimum absolute atomic E-state index is 0.132. The number of carboxylic acids is 1. The summed E-state index contributed by atoms with van der Waals surface area (Å²) < 4.78 is 0. The van der Waals surface area contributed by atoms with E-state index in [1.54, 1.807) is 6.08 Å². The molecule has 21 heavy (non-hydrogen) atoms. The summed E-state index contributed by atoms with van der Waals surface area (Å²) in [4.78, 5) is 10.2. The number of aliphatic hydroxyl groups is 1. The zero-order valence-corrected chi connectivity index (χ0v) is 13.2. The first kappa shape index (κ1) is 19.7. The van der Waals surface area contributed by atoms with Gasteiger partial charge < -0.3 is 15.0 Å². The molecule has 0 aliphatic rings. The first-order valence-electron chi connectivity index (χ1n) is 8.03. The van der Waals surface area contributed by atoms with Crippen LogP contribution in [-0.2, 0) is 4.79 Å². The van der Waals surface area contributed by atoms with Crippen molar-refractivity contribution in [2.45, 2.75) is 70.8 Å². The number of carbonyl (C=O) groups excluding carboxylic acids is 1. The average molecular weight is 293 g/mol. The van der Waals surface area contributed by atoms with Crippen LogP contribution in [0.15, 0.2) is 36.5 Å². The molecule has 0 saturated carbocycles. The van der Waals surface area contributed by atoms with E-state index in [-0.39, 0.29) is 6.42 Å². The number of allylic oxidation sites excluding steroid dienone is 4. The molecule has 0 saturated heterocycles. The van der Waals surface area contributed by atoms with Crippen LogP contribution in [0.1, 0.15) is 64.7 Å². The Morgan fingerprint density at radius 1 is 1.05 bits per heavy atom. The number of rotatable bonds is 13. The van der Waals surface area contributed by atoms with Crippen LogP contribution in [0.3, 0.4) is 0 Å². The Morgan fingerprint density at radius 3 is 2.48 bits per heavy atom. The van der Waals surface area contributed by atoms with Crippen molar-refractivity contribution < 1.29 is 15.0 Å². The van der Waals surface area contributed by atoms with Gasteiger partial charge in [-0.15, -0.1) is 0 Å². The summed E-state index contributed by atoms with van der Waals surface area (Å²) in [6.45, 7) is 2.19. The number of aliphatic hydroxyl groups excluding tert-OH is 1. The third kappa shape index (κ3) is 16.6. The molecule has 3 nitrogen and oxygen atoms in total. The lowest BCUT2D eigenvalue weighted by Gasteiger charge is -2.00. The van der Waals surface area contributed by atoms with E-state index in [1.807, 2.05) is 24.3 Å². The molecule has 0 fully saturated rings. The highest BCUT2D eigenvalue weighted by Crippen LogP contribution is 2.03. The average Bonchev–Trinajstić information content (AvgIpc) is 2.45. The largest absolute Gasteiger partial charge is 0.550 e. The van der Waals surface area contributed by atoms with Crippen molar-refractivity contribution in [1.29, 1.82) is 0 Å². The second-order valence-electron chi connectivity index (χ2n) is 5.20. The predicted octanol–water partition coefficient (Wildman–Crippen LogP) is 3.30. The van der Waals surface area contributed by atoms with Gasteiger partial charge in [0.25, 0.3) is 0 Å². The Labute approximate surface area is 129 Å². The highest BCUT2D eigenvalue weighted by molar-refractivity contribution is 5.64. The lowest BCUT2D eigenvalue weighted by atomic mass is 10.1. The molecule has 1 unspecified atom stereocenters. The normalized spacial score (nSPS) is 13.6. The first-order valence-corrected chi connectivity index (χ1v) is 8.03. The van der Waals surface area contributed by atoms with Gasteiger partial charge in [0, 0.05) is 5.97 Å². The van der Waals surface area contributed by atoms with Gasteiger partial charge in [-0.3, -0.25) is 0 Å². The summed E-state index contributed by atoms with van der Waals surface area (Å²) in [6, 6.07) is 0. The number of hydrogen-bond acceptors (Lipinski definition) is 3. The third-order valence-corrected chi connectivity index (χ3v) is 3.10. The van der Waals surface area contributed by atoms with E-state index < -0.39 is 12.1 Å². The minimum atomic E-state index is -0.982. The van der Waals surface area contributed by atoms with Gasteiger partial charge in [-0.05, 0) is 44.9 Å². The van der Waals surface area contributed by atoms with Crippen molar-refractivity contribution in [3.8, 4) is 0 Å².